The van der Waals surface area contributed by atoms with Gasteiger partial charge >= 0.3 is 0 Å². The van der Waals surface area contributed by atoms with E-state index in [0.717, 1.165) is 30.8 Å². The van der Waals surface area contributed by atoms with E-state index in [1.54, 1.807) is 0 Å². The first kappa shape index (κ1) is 20.5. The molecular weight excluding hydrogens is 374 g/mol. The van der Waals surface area contributed by atoms with E-state index < -0.39 is 0 Å². The van der Waals surface area contributed by atoms with Gasteiger partial charge in [-0.15, -0.1) is 0 Å². The van der Waals surface area contributed by atoms with Gasteiger partial charge < -0.3 is 9.80 Å². The Labute approximate surface area is 181 Å². The Morgan fingerprint density at radius 3 is 2.50 bits per heavy atom. The number of likely N-dealkylation sites (tertiary alicyclic amines) is 2. The fraction of sp³-hybridized carbons (Fsp3) is 0.875. The van der Waals surface area contributed by atoms with Gasteiger partial charge in [-0.3, -0.25) is 10.2 Å². The summed E-state index contributed by atoms with van der Waals surface area (Å²) in [5.74, 6) is 3.23. The molecule has 1 amide bonds. The van der Waals surface area contributed by atoms with Gasteiger partial charge in [0.2, 0.25) is 5.91 Å². The number of amides is 1. The second-order valence-corrected chi connectivity index (χ2v) is 10.6. The van der Waals surface area contributed by atoms with Crippen molar-refractivity contribution < 1.29 is 4.79 Å². The first-order chi connectivity index (χ1) is 14.7. The van der Waals surface area contributed by atoms with Crippen molar-refractivity contribution in [3.8, 4) is 0 Å². The van der Waals surface area contributed by atoms with E-state index in [9.17, 15) is 4.79 Å². The van der Waals surface area contributed by atoms with E-state index >= 15 is 0 Å². The van der Waals surface area contributed by atoms with Gasteiger partial charge in [0, 0.05) is 32.7 Å². The highest BCUT2D eigenvalue weighted by Crippen LogP contribution is 2.35. The lowest BCUT2D eigenvalue weighted by Gasteiger charge is -2.32. The van der Waals surface area contributed by atoms with Crippen LogP contribution in [0.5, 0.6) is 0 Å². The molecule has 6 heteroatoms. The smallest absolute Gasteiger partial charge is 0.246 e. The van der Waals surface area contributed by atoms with Crippen molar-refractivity contribution in [2.75, 3.05) is 32.7 Å². The second-order valence-electron chi connectivity index (χ2n) is 10.6. The van der Waals surface area contributed by atoms with Gasteiger partial charge in [0.05, 0.1) is 12.1 Å². The number of allylic oxidation sites excluding steroid dienone is 1. The highest BCUT2D eigenvalue weighted by molar-refractivity contribution is 5.87. The van der Waals surface area contributed by atoms with Gasteiger partial charge in [0.1, 0.15) is 0 Å². The van der Waals surface area contributed by atoms with Crippen molar-refractivity contribution in [2.45, 2.75) is 76.3 Å². The molecule has 2 saturated carbocycles. The monoisotopic (exact) mass is 413 g/mol. The molecule has 3 aliphatic heterocycles. The van der Waals surface area contributed by atoms with Crippen LogP contribution in [-0.4, -0.2) is 60.5 Å². The largest absolute Gasteiger partial charge is 0.339 e. The van der Waals surface area contributed by atoms with Crippen LogP contribution in [0.1, 0.15) is 64.2 Å². The third kappa shape index (κ3) is 4.74. The van der Waals surface area contributed by atoms with Crippen LogP contribution in [0.4, 0.5) is 0 Å². The van der Waals surface area contributed by atoms with E-state index in [1.807, 2.05) is 6.08 Å². The van der Waals surface area contributed by atoms with Crippen LogP contribution in [-0.2, 0) is 4.79 Å². The number of fused-ring (bicyclic) bond motifs is 2. The van der Waals surface area contributed by atoms with Gasteiger partial charge in [-0.05, 0) is 74.7 Å². The molecule has 0 aromatic carbocycles. The fourth-order valence-electron chi connectivity index (χ4n) is 6.70. The second kappa shape index (κ2) is 9.37. The summed E-state index contributed by atoms with van der Waals surface area (Å²) in [5, 5.41) is 8.37. The summed E-state index contributed by atoms with van der Waals surface area (Å²) in [6, 6.07) is 0.916. The molecule has 2 aliphatic carbocycles. The molecule has 0 radical (unpaired) electrons. The minimum atomic E-state index is 0.258. The zero-order valence-electron chi connectivity index (χ0n) is 18.4. The number of nitrogens with zero attached hydrogens (tertiary/aromatic N) is 4. The maximum Gasteiger partial charge on any atom is 0.246 e. The van der Waals surface area contributed by atoms with E-state index in [0.29, 0.717) is 18.0 Å². The maximum atomic E-state index is 12.7. The van der Waals surface area contributed by atoms with E-state index in [1.165, 1.54) is 83.8 Å². The molecule has 0 aromatic heterocycles. The van der Waals surface area contributed by atoms with Gasteiger partial charge in [-0.2, -0.15) is 5.11 Å². The van der Waals surface area contributed by atoms with Crippen LogP contribution in [0, 0.1) is 23.7 Å². The summed E-state index contributed by atoms with van der Waals surface area (Å²) in [7, 11) is 0. The molecule has 2 saturated heterocycles. The minimum Gasteiger partial charge on any atom is -0.339 e. The molecule has 5 unspecified atom stereocenters. The standard InChI is InChI=1S/C24H39N5O/c30-24(9-7-18-4-2-1-3-5-18)29-12-10-20-16-28(17-21(20)11-13-29)15-19-6-8-22-23(14-19)26-27-25-22/h7,9,18-23H,1-6,8,10-17H2,(H,25,26). The molecule has 4 fully saturated rings. The summed E-state index contributed by atoms with van der Waals surface area (Å²) in [5.41, 5.74) is 3.21. The maximum absolute atomic E-state index is 12.7. The molecular formula is C24H39N5O. The van der Waals surface area contributed by atoms with Crippen LogP contribution in [0.2, 0.25) is 0 Å². The predicted molar refractivity (Wildman–Crippen MR) is 118 cm³/mol. The van der Waals surface area contributed by atoms with Crippen molar-refractivity contribution in [1.29, 1.82) is 0 Å². The molecule has 3 heterocycles. The summed E-state index contributed by atoms with van der Waals surface area (Å²) in [6.45, 7) is 5.60. The zero-order chi connectivity index (χ0) is 20.3. The van der Waals surface area contributed by atoms with Crippen LogP contribution in [0.15, 0.2) is 22.5 Å². The molecule has 30 heavy (non-hydrogen) atoms. The zero-order valence-corrected chi connectivity index (χ0v) is 18.4. The van der Waals surface area contributed by atoms with Crippen molar-refractivity contribution in [3.05, 3.63) is 12.2 Å². The molecule has 5 atom stereocenters. The molecule has 5 rings (SSSR count). The number of hydrogen-bond donors (Lipinski definition) is 1. The first-order valence-electron chi connectivity index (χ1n) is 12.6. The number of rotatable bonds is 4. The van der Waals surface area contributed by atoms with Crippen molar-refractivity contribution >= 4 is 5.91 Å². The van der Waals surface area contributed by atoms with Crippen LogP contribution < -0.4 is 5.43 Å². The van der Waals surface area contributed by atoms with Crippen LogP contribution in [0.25, 0.3) is 0 Å². The molecule has 0 spiro atoms. The Balaban J connectivity index is 1.07. The quantitative estimate of drug-likeness (QED) is 0.713. The Bertz CT molecular complexity index is 642. The SMILES string of the molecule is O=C(C=CC1CCCCC1)N1CCC2CN(CC3CCC4N=NNC4C3)CC2CC1. The summed E-state index contributed by atoms with van der Waals surface area (Å²) in [4.78, 5) is 17.6. The van der Waals surface area contributed by atoms with Gasteiger partial charge in [0.15, 0.2) is 0 Å². The summed E-state index contributed by atoms with van der Waals surface area (Å²) >= 11 is 0. The Morgan fingerprint density at radius 2 is 1.73 bits per heavy atom. The highest BCUT2D eigenvalue weighted by atomic mass is 16.2. The number of nitrogens with one attached hydrogen (secondary N) is 1. The molecule has 5 aliphatic rings. The Hall–Kier alpha value is -1.43. The number of carbonyl (C=O) groups excluding carboxylic acids is 1. The van der Waals surface area contributed by atoms with Gasteiger partial charge in [-0.1, -0.05) is 30.6 Å². The van der Waals surface area contributed by atoms with E-state index in [2.05, 4.69) is 31.6 Å². The minimum absolute atomic E-state index is 0.258. The lowest BCUT2D eigenvalue weighted by atomic mass is 9.83. The predicted octanol–water partition coefficient (Wildman–Crippen LogP) is 3.80. The molecule has 6 nitrogen and oxygen atoms in total. The van der Waals surface area contributed by atoms with Crippen LogP contribution >= 0.6 is 0 Å². The topological polar surface area (TPSA) is 60.3 Å². The third-order valence-electron chi connectivity index (χ3n) is 8.53. The third-order valence-corrected chi connectivity index (χ3v) is 8.53. The van der Waals surface area contributed by atoms with Gasteiger partial charge in [-0.25, -0.2) is 0 Å². The van der Waals surface area contributed by atoms with Crippen molar-refractivity contribution in [2.24, 2.45) is 34.0 Å². The fourth-order valence-corrected chi connectivity index (χ4v) is 6.70. The van der Waals surface area contributed by atoms with E-state index in [-0.39, 0.29) is 5.91 Å². The summed E-state index contributed by atoms with van der Waals surface area (Å²) in [6.07, 6.45) is 16.7. The molecule has 1 N–H and O–H groups in total. The first-order valence-corrected chi connectivity index (χ1v) is 12.6. The van der Waals surface area contributed by atoms with E-state index in [4.69, 9.17) is 0 Å². The summed E-state index contributed by atoms with van der Waals surface area (Å²) < 4.78 is 0. The lowest BCUT2D eigenvalue weighted by Crippen LogP contribution is -2.40. The number of carbonyl (C=O) groups is 1. The lowest BCUT2D eigenvalue weighted by molar-refractivity contribution is -0.126. The average Bonchev–Trinajstić information content (AvgIpc) is 3.34. The Kier molecular flexibility index (Phi) is 6.40. The highest BCUT2D eigenvalue weighted by Gasteiger charge is 2.38. The van der Waals surface area contributed by atoms with Gasteiger partial charge in [0.25, 0.3) is 0 Å². The van der Waals surface area contributed by atoms with Crippen molar-refractivity contribution in [1.82, 2.24) is 15.2 Å². The average molecular weight is 414 g/mol. The molecule has 166 valence electrons. The molecule has 0 aromatic rings. The molecule has 0 bridgehead atoms. The normalized spacial score (nSPS) is 37.7. The number of hydrogen-bond acceptors (Lipinski definition) is 5. The van der Waals surface area contributed by atoms with Crippen LogP contribution in [0.3, 0.4) is 0 Å². The Morgan fingerprint density at radius 1 is 0.967 bits per heavy atom. The van der Waals surface area contributed by atoms with Crippen molar-refractivity contribution in [3.63, 3.8) is 0 Å².